The Bertz CT molecular complexity index is 584. The van der Waals surface area contributed by atoms with Crippen molar-refractivity contribution < 1.29 is 0 Å². The molecule has 4 heteroatoms. The average molecular weight is 348 g/mol. The molecule has 0 saturated carbocycles. The van der Waals surface area contributed by atoms with Crippen LogP contribution in [-0.2, 0) is 0 Å². The lowest BCUT2D eigenvalue weighted by Gasteiger charge is -2.15. The van der Waals surface area contributed by atoms with E-state index in [-0.39, 0.29) is 0 Å². The molecule has 2 aromatic rings. The van der Waals surface area contributed by atoms with E-state index < -0.39 is 0 Å². The molecule has 0 aliphatic carbocycles. The second kappa shape index (κ2) is 7.55. The van der Waals surface area contributed by atoms with Crippen LogP contribution in [0.25, 0.3) is 11.3 Å². The minimum absolute atomic E-state index is 0.350. The fourth-order valence-corrected chi connectivity index (χ4v) is 2.56. The lowest BCUT2D eigenvalue weighted by molar-refractivity contribution is 0.679. The topological polar surface area (TPSA) is 37.8 Å². The van der Waals surface area contributed by atoms with Crippen LogP contribution in [-0.4, -0.2) is 16.5 Å². The van der Waals surface area contributed by atoms with Crippen molar-refractivity contribution in [3.05, 3.63) is 40.6 Å². The molecule has 0 bridgehead atoms. The summed E-state index contributed by atoms with van der Waals surface area (Å²) < 4.78 is 0.939. The zero-order valence-corrected chi connectivity index (χ0v) is 14.4. The van der Waals surface area contributed by atoms with Gasteiger partial charge in [0.05, 0.1) is 10.2 Å². The molecule has 1 N–H and O–H groups in total. The van der Waals surface area contributed by atoms with Crippen LogP contribution in [0.3, 0.4) is 0 Å². The molecule has 3 nitrogen and oxygen atoms in total. The van der Waals surface area contributed by atoms with Gasteiger partial charge in [-0.2, -0.15) is 0 Å². The summed E-state index contributed by atoms with van der Waals surface area (Å²) in [5.74, 6) is 2.14. The Kier molecular flexibility index (Phi) is 5.74. The van der Waals surface area contributed by atoms with Crippen LogP contribution in [0.5, 0.6) is 0 Å². The maximum Gasteiger partial charge on any atom is 0.144 e. The van der Waals surface area contributed by atoms with Gasteiger partial charge in [0.25, 0.3) is 0 Å². The Morgan fingerprint density at radius 2 is 1.86 bits per heavy atom. The zero-order valence-electron chi connectivity index (χ0n) is 12.9. The van der Waals surface area contributed by atoms with Crippen LogP contribution in [0.4, 0.5) is 5.82 Å². The molecule has 2 rings (SSSR count). The number of benzene rings is 1. The number of nitrogens with one attached hydrogen (secondary N) is 1. The van der Waals surface area contributed by atoms with E-state index in [9.17, 15) is 0 Å². The molecule has 1 unspecified atom stereocenters. The smallest absolute Gasteiger partial charge is 0.144 e. The molecule has 112 valence electrons. The molecule has 1 aromatic carbocycles. The average Bonchev–Trinajstić information content (AvgIpc) is 2.54. The normalized spacial score (nSPS) is 12.2. The summed E-state index contributed by atoms with van der Waals surface area (Å²) in [6, 6.07) is 10.2. The number of hydrogen-bond donors (Lipinski definition) is 1. The largest absolute Gasteiger partial charge is 0.369 e. The zero-order chi connectivity index (χ0) is 15.2. The highest BCUT2D eigenvalue weighted by molar-refractivity contribution is 9.10. The highest BCUT2D eigenvalue weighted by Gasteiger charge is 2.16. The summed E-state index contributed by atoms with van der Waals surface area (Å²) in [5, 5.41) is 3.39. The van der Waals surface area contributed by atoms with E-state index in [0.717, 1.165) is 46.8 Å². The van der Waals surface area contributed by atoms with Crippen LogP contribution >= 0.6 is 15.9 Å². The minimum Gasteiger partial charge on any atom is -0.369 e. The SMILES string of the molecule is CCCNc1nc(C(C)CC)nc(-c2ccccc2)c1Br. The molecule has 1 atom stereocenters. The fraction of sp³-hybridized carbons (Fsp3) is 0.412. The number of nitrogens with zero attached hydrogens (tertiary/aromatic N) is 2. The first-order chi connectivity index (χ1) is 10.2. The molecule has 0 spiro atoms. The predicted molar refractivity (Wildman–Crippen MR) is 92.7 cm³/mol. The van der Waals surface area contributed by atoms with Gasteiger partial charge in [-0.05, 0) is 28.8 Å². The Labute approximate surface area is 135 Å². The lowest BCUT2D eigenvalue weighted by Crippen LogP contribution is -2.09. The van der Waals surface area contributed by atoms with E-state index in [0.29, 0.717) is 5.92 Å². The summed E-state index contributed by atoms with van der Waals surface area (Å²) in [6.07, 6.45) is 2.10. The molecular formula is C17H22BrN3. The first-order valence-electron chi connectivity index (χ1n) is 7.54. The van der Waals surface area contributed by atoms with Crippen LogP contribution < -0.4 is 5.32 Å². The van der Waals surface area contributed by atoms with Gasteiger partial charge in [0, 0.05) is 18.0 Å². The van der Waals surface area contributed by atoms with E-state index >= 15 is 0 Å². The Morgan fingerprint density at radius 3 is 2.48 bits per heavy atom. The van der Waals surface area contributed by atoms with Crippen molar-refractivity contribution in [1.82, 2.24) is 9.97 Å². The third-order valence-corrected chi connectivity index (χ3v) is 4.26. The number of rotatable bonds is 6. The molecule has 0 fully saturated rings. The standard InChI is InChI=1S/C17H22BrN3/c1-4-11-19-17-14(18)15(13-9-7-6-8-10-13)20-16(21-17)12(3)5-2/h6-10,12H,4-5,11H2,1-3H3,(H,19,20,21). The summed E-state index contributed by atoms with van der Waals surface area (Å²) in [5.41, 5.74) is 2.07. The van der Waals surface area contributed by atoms with Crippen LogP contribution in [0, 0.1) is 0 Å². The number of halogens is 1. The van der Waals surface area contributed by atoms with E-state index in [1.54, 1.807) is 0 Å². The highest BCUT2D eigenvalue weighted by Crippen LogP contribution is 2.33. The molecule has 0 radical (unpaired) electrons. The first-order valence-corrected chi connectivity index (χ1v) is 8.33. The lowest BCUT2D eigenvalue weighted by atomic mass is 10.1. The van der Waals surface area contributed by atoms with E-state index in [4.69, 9.17) is 9.97 Å². The molecule has 0 saturated heterocycles. The summed E-state index contributed by atoms with van der Waals surface area (Å²) >= 11 is 3.67. The maximum absolute atomic E-state index is 4.78. The van der Waals surface area contributed by atoms with Crippen molar-refractivity contribution in [2.24, 2.45) is 0 Å². The monoisotopic (exact) mass is 347 g/mol. The van der Waals surface area contributed by atoms with Crippen molar-refractivity contribution in [2.75, 3.05) is 11.9 Å². The van der Waals surface area contributed by atoms with Gasteiger partial charge in [0.1, 0.15) is 11.6 Å². The van der Waals surface area contributed by atoms with Gasteiger partial charge in [0.15, 0.2) is 0 Å². The van der Waals surface area contributed by atoms with Gasteiger partial charge < -0.3 is 5.32 Å². The van der Waals surface area contributed by atoms with Gasteiger partial charge in [0.2, 0.25) is 0 Å². The highest BCUT2D eigenvalue weighted by atomic mass is 79.9. The molecule has 21 heavy (non-hydrogen) atoms. The molecule has 0 amide bonds. The van der Waals surface area contributed by atoms with E-state index in [1.807, 2.05) is 18.2 Å². The molecule has 1 heterocycles. The van der Waals surface area contributed by atoms with Gasteiger partial charge in [-0.1, -0.05) is 51.1 Å². The second-order valence-corrected chi connectivity index (χ2v) is 5.99. The van der Waals surface area contributed by atoms with Crippen molar-refractivity contribution >= 4 is 21.7 Å². The van der Waals surface area contributed by atoms with Gasteiger partial charge in [-0.15, -0.1) is 0 Å². The van der Waals surface area contributed by atoms with Crippen LogP contribution in [0.15, 0.2) is 34.8 Å². The Hall–Kier alpha value is -1.42. The summed E-state index contributed by atoms with van der Waals surface area (Å²) in [7, 11) is 0. The van der Waals surface area contributed by atoms with Crippen LogP contribution in [0.1, 0.15) is 45.4 Å². The van der Waals surface area contributed by atoms with E-state index in [2.05, 4.69) is 54.2 Å². The Balaban J connectivity index is 2.52. The van der Waals surface area contributed by atoms with Crippen LogP contribution in [0.2, 0.25) is 0 Å². The Morgan fingerprint density at radius 1 is 1.14 bits per heavy atom. The van der Waals surface area contributed by atoms with Gasteiger partial charge in [-0.3, -0.25) is 0 Å². The van der Waals surface area contributed by atoms with E-state index in [1.165, 1.54) is 0 Å². The second-order valence-electron chi connectivity index (χ2n) is 5.20. The minimum atomic E-state index is 0.350. The maximum atomic E-state index is 4.78. The fourth-order valence-electron chi connectivity index (χ4n) is 2.02. The van der Waals surface area contributed by atoms with Crippen molar-refractivity contribution in [3.8, 4) is 11.3 Å². The predicted octanol–water partition coefficient (Wildman–Crippen LogP) is 5.24. The molecular weight excluding hydrogens is 326 g/mol. The van der Waals surface area contributed by atoms with Gasteiger partial charge >= 0.3 is 0 Å². The van der Waals surface area contributed by atoms with Crippen molar-refractivity contribution in [1.29, 1.82) is 0 Å². The quantitative estimate of drug-likeness (QED) is 0.776. The first kappa shape index (κ1) is 16.0. The van der Waals surface area contributed by atoms with Crippen molar-refractivity contribution in [3.63, 3.8) is 0 Å². The third kappa shape index (κ3) is 3.82. The molecule has 1 aromatic heterocycles. The number of aromatic nitrogens is 2. The molecule has 0 aliphatic heterocycles. The summed E-state index contributed by atoms with van der Waals surface area (Å²) in [6.45, 7) is 7.39. The van der Waals surface area contributed by atoms with Crippen molar-refractivity contribution in [2.45, 2.75) is 39.5 Å². The number of hydrogen-bond acceptors (Lipinski definition) is 3. The van der Waals surface area contributed by atoms with Gasteiger partial charge in [-0.25, -0.2) is 9.97 Å². The number of anilines is 1. The summed E-state index contributed by atoms with van der Waals surface area (Å²) in [4.78, 5) is 9.48. The third-order valence-electron chi connectivity index (χ3n) is 3.51. The molecule has 0 aliphatic rings.